The van der Waals surface area contributed by atoms with Gasteiger partial charge in [-0.15, -0.1) is 0 Å². The molecule has 2 aromatic carbocycles. The number of rotatable bonds is 9. The first kappa shape index (κ1) is 27.1. The van der Waals surface area contributed by atoms with Gasteiger partial charge in [-0.05, 0) is 30.5 Å². The van der Waals surface area contributed by atoms with Gasteiger partial charge >= 0.3 is 11.9 Å². The molecule has 2 aromatic heterocycles. The first-order valence-corrected chi connectivity index (χ1v) is 12.7. The van der Waals surface area contributed by atoms with Gasteiger partial charge < -0.3 is 30.7 Å². The van der Waals surface area contributed by atoms with Crippen LogP contribution in [0.2, 0.25) is 0 Å². The van der Waals surface area contributed by atoms with Crippen LogP contribution in [0.5, 0.6) is 0 Å². The van der Waals surface area contributed by atoms with Crippen LogP contribution in [-0.2, 0) is 22.6 Å². The van der Waals surface area contributed by atoms with E-state index in [0.29, 0.717) is 47.9 Å². The number of carboxylic acids is 2. The summed E-state index contributed by atoms with van der Waals surface area (Å²) < 4.78 is 5.69. The topological polar surface area (TPSA) is 205 Å². The molecule has 210 valence electrons. The fourth-order valence-electron chi connectivity index (χ4n) is 4.74. The fraction of sp³-hybridized carbons (Fsp3) is 0.214. The summed E-state index contributed by atoms with van der Waals surface area (Å²) in [5.41, 5.74) is 8.53. The minimum absolute atomic E-state index is 0.0130. The molecule has 1 aliphatic heterocycles. The van der Waals surface area contributed by atoms with Crippen LogP contribution in [0.4, 0.5) is 11.8 Å². The highest BCUT2D eigenvalue weighted by atomic mass is 16.5. The molecular formula is C28H26N6O7. The zero-order valence-electron chi connectivity index (χ0n) is 21.7. The van der Waals surface area contributed by atoms with Gasteiger partial charge in [0, 0.05) is 36.2 Å². The molecular weight excluding hydrogens is 532 g/mol. The third-order valence-electron chi connectivity index (χ3n) is 6.75. The summed E-state index contributed by atoms with van der Waals surface area (Å²) in [5.74, 6) is -2.34. The average Bonchev–Trinajstić information content (AvgIpc) is 3.29. The number of H-pyrrole nitrogens is 1. The lowest BCUT2D eigenvalue weighted by atomic mass is 10.0. The molecule has 6 N–H and O–H groups in total. The van der Waals surface area contributed by atoms with Crippen LogP contribution in [0.1, 0.15) is 34.3 Å². The number of carbonyl (C=O) groups excluding carboxylic acids is 1. The monoisotopic (exact) mass is 558 g/mol. The summed E-state index contributed by atoms with van der Waals surface area (Å²) in [6.45, 7) is 0.987. The van der Waals surface area contributed by atoms with Crippen molar-refractivity contribution in [1.82, 2.24) is 20.4 Å². The van der Waals surface area contributed by atoms with Gasteiger partial charge in [-0.2, -0.15) is 4.98 Å². The number of aliphatic carboxylic acids is 2. The number of anilines is 2. The first-order valence-electron chi connectivity index (χ1n) is 12.7. The second kappa shape index (κ2) is 11.3. The van der Waals surface area contributed by atoms with Crippen molar-refractivity contribution in [3.63, 3.8) is 0 Å². The molecule has 1 atom stereocenters. The van der Waals surface area contributed by atoms with Crippen LogP contribution in [0.25, 0.3) is 22.6 Å². The van der Waals surface area contributed by atoms with Crippen molar-refractivity contribution < 1.29 is 29.1 Å². The van der Waals surface area contributed by atoms with Crippen molar-refractivity contribution in [2.75, 3.05) is 17.2 Å². The zero-order valence-corrected chi connectivity index (χ0v) is 21.7. The van der Waals surface area contributed by atoms with Gasteiger partial charge in [-0.3, -0.25) is 19.4 Å². The van der Waals surface area contributed by atoms with Gasteiger partial charge in [0.25, 0.3) is 11.5 Å². The highest BCUT2D eigenvalue weighted by molar-refractivity contribution is 5.97. The number of aromatic amines is 1. The number of hydrogen-bond acceptors (Lipinski definition) is 9. The van der Waals surface area contributed by atoms with Crippen LogP contribution in [0, 0.1) is 0 Å². The quantitative estimate of drug-likeness (QED) is 0.201. The molecule has 0 saturated carbocycles. The van der Waals surface area contributed by atoms with Gasteiger partial charge in [0.2, 0.25) is 5.95 Å². The maximum Gasteiger partial charge on any atom is 0.326 e. The highest BCUT2D eigenvalue weighted by Crippen LogP contribution is 2.38. The number of nitrogens with one attached hydrogen (secondary N) is 2. The number of nitrogens with zero attached hydrogens (tertiary/aromatic N) is 3. The first-order chi connectivity index (χ1) is 19.7. The second-order valence-corrected chi connectivity index (χ2v) is 9.52. The molecule has 3 heterocycles. The van der Waals surface area contributed by atoms with E-state index in [2.05, 4.69) is 20.4 Å². The molecule has 41 heavy (non-hydrogen) atoms. The molecule has 0 unspecified atom stereocenters. The molecule has 5 rings (SSSR count). The SMILES string of the molecule is Nc1nc2c(c(=O)[nH]1)-c1noc(-c3ccc(C(=O)N[C@@H](CCC(=O)O)C(=O)O)cc3)c1CCN2Cc1ccccc1. The van der Waals surface area contributed by atoms with E-state index in [-0.39, 0.29) is 23.5 Å². The Morgan fingerprint density at radius 1 is 1.10 bits per heavy atom. The zero-order chi connectivity index (χ0) is 29.1. The van der Waals surface area contributed by atoms with Gasteiger partial charge in [0.15, 0.2) is 5.76 Å². The Labute approximate surface area is 232 Å². The molecule has 0 fully saturated rings. The summed E-state index contributed by atoms with van der Waals surface area (Å²) in [6.07, 6.45) is -0.173. The lowest BCUT2D eigenvalue weighted by molar-refractivity contribution is -0.140. The van der Waals surface area contributed by atoms with Crippen molar-refractivity contribution in [3.8, 4) is 22.6 Å². The fourth-order valence-corrected chi connectivity index (χ4v) is 4.74. The standard InChI is InChI=1S/C28H26N6O7/c29-28-31-24-21(26(38)32-28)22-18(12-13-34(24)14-15-4-2-1-3-5-15)23(41-33-22)16-6-8-17(9-7-16)25(37)30-19(27(39)40)10-11-20(35)36/h1-9,19H,10-14H2,(H,30,37)(H,35,36)(H,39,40)(H3,29,31,32,38)/t19-/m0/s1. The number of carbonyl (C=O) groups is 3. The maximum absolute atomic E-state index is 13.1. The van der Waals surface area contributed by atoms with E-state index in [1.165, 1.54) is 12.1 Å². The van der Waals surface area contributed by atoms with Crippen LogP contribution < -0.4 is 21.5 Å². The summed E-state index contributed by atoms with van der Waals surface area (Å²) >= 11 is 0. The highest BCUT2D eigenvalue weighted by Gasteiger charge is 2.30. The third-order valence-corrected chi connectivity index (χ3v) is 6.75. The van der Waals surface area contributed by atoms with Gasteiger partial charge in [-0.1, -0.05) is 47.6 Å². The molecule has 1 aliphatic rings. The molecule has 0 saturated heterocycles. The summed E-state index contributed by atoms with van der Waals surface area (Å²) in [6, 6.07) is 14.7. The average molecular weight is 559 g/mol. The number of nitrogen functional groups attached to an aromatic ring is 1. The van der Waals surface area contributed by atoms with Gasteiger partial charge in [0.05, 0.1) is 0 Å². The van der Waals surface area contributed by atoms with E-state index in [9.17, 15) is 24.3 Å². The minimum atomic E-state index is -1.34. The van der Waals surface area contributed by atoms with Gasteiger partial charge in [0.1, 0.15) is 23.1 Å². The number of hydrogen-bond donors (Lipinski definition) is 5. The largest absolute Gasteiger partial charge is 0.481 e. The Morgan fingerprint density at radius 2 is 1.83 bits per heavy atom. The molecule has 0 bridgehead atoms. The van der Waals surface area contributed by atoms with Crippen LogP contribution in [0.3, 0.4) is 0 Å². The Bertz CT molecular complexity index is 1660. The van der Waals surface area contributed by atoms with Crippen LogP contribution in [0.15, 0.2) is 63.9 Å². The molecule has 0 spiro atoms. The Morgan fingerprint density at radius 3 is 2.51 bits per heavy atom. The lowest BCUT2D eigenvalue weighted by Gasteiger charge is -2.23. The van der Waals surface area contributed by atoms with Crippen molar-refractivity contribution in [2.45, 2.75) is 31.8 Å². The molecule has 0 radical (unpaired) electrons. The van der Waals surface area contributed by atoms with Crippen molar-refractivity contribution >= 4 is 29.6 Å². The van der Waals surface area contributed by atoms with Crippen molar-refractivity contribution in [2.24, 2.45) is 0 Å². The Balaban J connectivity index is 1.43. The maximum atomic E-state index is 13.1. The Kier molecular flexibility index (Phi) is 7.50. The third kappa shape index (κ3) is 5.78. The smallest absolute Gasteiger partial charge is 0.326 e. The second-order valence-electron chi connectivity index (χ2n) is 9.52. The number of benzene rings is 2. The predicted octanol–water partition coefficient (Wildman–Crippen LogP) is 2.28. The summed E-state index contributed by atoms with van der Waals surface area (Å²) in [4.78, 5) is 56.9. The molecule has 4 aromatic rings. The number of nitrogens with two attached hydrogens (primary N) is 1. The summed E-state index contributed by atoms with van der Waals surface area (Å²) in [7, 11) is 0. The number of aromatic nitrogens is 3. The summed E-state index contributed by atoms with van der Waals surface area (Å²) in [5, 5.41) is 24.7. The van der Waals surface area contributed by atoms with E-state index >= 15 is 0 Å². The van der Waals surface area contributed by atoms with E-state index in [1.54, 1.807) is 12.1 Å². The van der Waals surface area contributed by atoms with E-state index in [0.717, 1.165) is 5.56 Å². The van der Waals surface area contributed by atoms with Crippen molar-refractivity contribution in [1.29, 1.82) is 0 Å². The van der Waals surface area contributed by atoms with Gasteiger partial charge in [-0.25, -0.2) is 4.79 Å². The van der Waals surface area contributed by atoms with E-state index < -0.39 is 35.9 Å². The molecule has 13 heteroatoms. The van der Waals surface area contributed by atoms with Crippen LogP contribution in [-0.4, -0.2) is 55.8 Å². The normalized spacial score (nSPS) is 13.0. The van der Waals surface area contributed by atoms with Crippen molar-refractivity contribution in [3.05, 3.63) is 81.6 Å². The van der Waals surface area contributed by atoms with E-state index in [4.69, 9.17) is 15.4 Å². The number of amides is 1. The number of fused-ring (bicyclic) bond motifs is 3. The molecule has 1 amide bonds. The van der Waals surface area contributed by atoms with Crippen LogP contribution >= 0.6 is 0 Å². The van der Waals surface area contributed by atoms with E-state index in [1.807, 2.05) is 35.2 Å². The lowest BCUT2D eigenvalue weighted by Crippen LogP contribution is -2.41. The number of carboxylic acid groups (broad SMARTS) is 2. The molecule has 13 nitrogen and oxygen atoms in total. The Hall–Kier alpha value is -5.46. The minimum Gasteiger partial charge on any atom is -0.481 e. The molecule has 0 aliphatic carbocycles. The predicted molar refractivity (Wildman–Crippen MR) is 147 cm³/mol.